The molecule has 0 saturated carbocycles. The Bertz CT molecular complexity index is 871. The van der Waals surface area contributed by atoms with Crippen molar-refractivity contribution >= 4 is 17.7 Å². The summed E-state index contributed by atoms with van der Waals surface area (Å²) in [5.74, 6) is 0.111. The van der Waals surface area contributed by atoms with E-state index >= 15 is 0 Å². The fourth-order valence-corrected chi connectivity index (χ4v) is 4.25. The summed E-state index contributed by atoms with van der Waals surface area (Å²) in [7, 11) is 2.01. The predicted octanol–water partition coefficient (Wildman–Crippen LogP) is 2.54. The largest absolute Gasteiger partial charge is 0.344 e. The number of para-hydroxylation sites is 1. The SMILES string of the molecule is C[n+]1cccc(/C=C/[C@@]23NC(=O)CCN2c2ccccc2C3(C)C)c1. The molecule has 1 fully saturated rings. The fraction of sp³-hybridized carbons (Fsp3) is 0.333. The Kier molecular flexibility index (Phi) is 3.46. The number of aryl methyl sites for hydroxylation is 1. The van der Waals surface area contributed by atoms with Crippen molar-refractivity contribution in [3.63, 3.8) is 0 Å². The van der Waals surface area contributed by atoms with Gasteiger partial charge in [-0.25, -0.2) is 4.57 Å². The molecule has 4 nitrogen and oxygen atoms in total. The Labute approximate surface area is 148 Å². The van der Waals surface area contributed by atoms with Crippen LogP contribution in [-0.4, -0.2) is 18.1 Å². The van der Waals surface area contributed by atoms with Crippen LogP contribution in [0.4, 0.5) is 5.69 Å². The highest BCUT2D eigenvalue weighted by atomic mass is 16.2. The summed E-state index contributed by atoms with van der Waals surface area (Å²) in [6, 6.07) is 12.6. The van der Waals surface area contributed by atoms with E-state index in [1.54, 1.807) is 0 Å². The Morgan fingerprint density at radius 3 is 2.80 bits per heavy atom. The molecule has 4 rings (SSSR count). The lowest BCUT2D eigenvalue weighted by molar-refractivity contribution is -0.671. The number of anilines is 1. The van der Waals surface area contributed by atoms with Gasteiger partial charge in [0.15, 0.2) is 12.4 Å². The van der Waals surface area contributed by atoms with Gasteiger partial charge in [0.05, 0.1) is 0 Å². The molecule has 1 saturated heterocycles. The van der Waals surface area contributed by atoms with Crippen LogP contribution in [0.3, 0.4) is 0 Å². The van der Waals surface area contributed by atoms with Crippen molar-refractivity contribution < 1.29 is 9.36 Å². The first-order chi connectivity index (χ1) is 11.9. The van der Waals surface area contributed by atoms with Crippen molar-refractivity contribution in [3.8, 4) is 0 Å². The maximum atomic E-state index is 12.3. The number of pyridine rings is 1. The Hall–Kier alpha value is -2.62. The van der Waals surface area contributed by atoms with E-state index in [0.717, 1.165) is 12.1 Å². The molecule has 3 heterocycles. The number of aromatic nitrogens is 1. The molecule has 25 heavy (non-hydrogen) atoms. The molecule has 128 valence electrons. The number of hydrogen-bond donors (Lipinski definition) is 1. The van der Waals surface area contributed by atoms with Crippen molar-refractivity contribution in [2.24, 2.45) is 7.05 Å². The smallest absolute Gasteiger partial charge is 0.223 e. The van der Waals surface area contributed by atoms with Crippen LogP contribution in [0.15, 0.2) is 54.9 Å². The van der Waals surface area contributed by atoms with Gasteiger partial charge in [-0.15, -0.1) is 0 Å². The minimum atomic E-state index is -0.541. The van der Waals surface area contributed by atoms with Gasteiger partial charge < -0.3 is 10.2 Å². The highest BCUT2D eigenvalue weighted by molar-refractivity contribution is 5.84. The number of carbonyl (C=O) groups excluding carboxylic acids is 1. The fourth-order valence-electron chi connectivity index (χ4n) is 4.25. The predicted molar refractivity (Wildman–Crippen MR) is 99.0 cm³/mol. The van der Waals surface area contributed by atoms with Crippen LogP contribution in [0.25, 0.3) is 6.08 Å². The minimum absolute atomic E-state index is 0.111. The van der Waals surface area contributed by atoms with Gasteiger partial charge in [-0.2, -0.15) is 0 Å². The molecule has 2 aliphatic rings. The van der Waals surface area contributed by atoms with E-state index < -0.39 is 5.66 Å². The molecule has 2 aliphatic heterocycles. The average molecular weight is 334 g/mol. The van der Waals surface area contributed by atoms with Gasteiger partial charge in [-0.3, -0.25) is 4.79 Å². The number of amides is 1. The van der Waals surface area contributed by atoms with Crippen molar-refractivity contribution in [2.75, 3.05) is 11.4 Å². The van der Waals surface area contributed by atoms with E-state index in [1.165, 1.54) is 11.3 Å². The van der Waals surface area contributed by atoms with E-state index in [2.05, 4.69) is 72.7 Å². The first-order valence-corrected chi connectivity index (χ1v) is 8.77. The Morgan fingerprint density at radius 2 is 2.00 bits per heavy atom. The number of fused-ring (bicyclic) bond motifs is 3. The molecule has 0 aliphatic carbocycles. The molecule has 0 unspecified atom stereocenters. The topological polar surface area (TPSA) is 36.2 Å². The lowest BCUT2D eigenvalue weighted by Crippen LogP contribution is -2.68. The van der Waals surface area contributed by atoms with E-state index in [0.29, 0.717) is 6.42 Å². The summed E-state index contributed by atoms with van der Waals surface area (Å²) < 4.78 is 2.03. The second-order valence-corrected chi connectivity index (χ2v) is 7.49. The Morgan fingerprint density at radius 1 is 1.20 bits per heavy atom. The molecule has 1 amide bonds. The molecule has 0 spiro atoms. The molecule has 1 aromatic carbocycles. The van der Waals surface area contributed by atoms with Gasteiger partial charge in [-0.1, -0.05) is 32.0 Å². The third-order valence-electron chi connectivity index (χ3n) is 5.62. The standard InChI is InChI=1S/C21H23N3O/c1-20(2)17-8-4-5-9-18(17)24-14-11-19(25)22-21(20,24)12-10-16-7-6-13-23(3)15-16/h4-10,12-13,15H,11,14H2,1-3H3/p+1/b12-10+/t21-/m1/s1. The number of carbonyl (C=O) groups is 1. The van der Waals surface area contributed by atoms with E-state index in [4.69, 9.17) is 0 Å². The third-order valence-corrected chi connectivity index (χ3v) is 5.62. The first kappa shape index (κ1) is 15.9. The molecule has 0 radical (unpaired) electrons. The maximum Gasteiger partial charge on any atom is 0.223 e. The zero-order valence-corrected chi connectivity index (χ0v) is 15.0. The Balaban J connectivity index is 1.85. The second-order valence-electron chi connectivity index (χ2n) is 7.49. The van der Waals surface area contributed by atoms with E-state index in [1.807, 2.05) is 23.9 Å². The van der Waals surface area contributed by atoms with Gasteiger partial charge in [0, 0.05) is 35.7 Å². The molecule has 1 atom stereocenters. The van der Waals surface area contributed by atoms with Crippen molar-refractivity contribution in [2.45, 2.75) is 31.3 Å². The van der Waals surface area contributed by atoms with E-state index in [9.17, 15) is 4.79 Å². The summed E-state index contributed by atoms with van der Waals surface area (Å²) >= 11 is 0. The van der Waals surface area contributed by atoms with Gasteiger partial charge in [-0.05, 0) is 29.8 Å². The highest BCUT2D eigenvalue weighted by Crippen LogP contribution is 2.52. The maximum absolute atomic E-state index is 12.3. The average Bonchev–Trinajstić information content (AvgIpc) is 2.78. The lowest BCUT2D eigenvalue weighted by Gasteiger charge is -2.49. The molecule has 0 bridgehead atoms. The molecular formula is C21H24N3O+. The number of nitrogens with one attached hydrogen (secondary N) is 1. The van der Waals surface area contributed by atoms with E-state index in [-0.39, 0.29) is 11.3 Å². The van der Waals surface area contributed by atoms with Crippen molar-refractivity contribution in [1.82, 2.24) is 5.32 Å². The zero-order chi connectivity index (χ0) is 17.7. The van der Waals surface area contributed by atoms with Gasteiger partial charge in [0.25, 0.3) is 0 Å². The molecule has 1 aromatic heterocycles. The van der Waals surface area contributed by atoms with Crippen LogP contribution in [0.1, 0.15) is 31.4 Å². The van der Waals surface area contributed by atoms with Crippen molar-refractivity contribution in [3.05, 3.63) is 66.0 Å². The third kappa shape index (κ3) is 2.28. The zero-order valence-electron chi connectivity index (χ0n) is 15.0. The van der Waals surface area contributed by atoms with Crippen molar-refractivity contribution in [1.29, 1.82) is 0 Å². The summed E-state index contributed by atoms with van der Waals surface area (Å²) in [6.45, 7) is 5.17. The summed E-state index contributed by atoms with van der Waals surface area (Å²) in [4.78, 5) is 14.7. The quantitative estimate of drug-likeness (QED) is 0.857. The summed E-state index contributed by atoms with van der Waals surface area (Å²) in [6.07, 6.45) is 8.91. The molecule has 4 heteroatoms. The normalized spacial score (nSPS) is 24.1. The highest BCUT2D eigenvalue weighted by Gasteiger charge is 2.57. The lowest BCUT2D eigenvalue weighted by atomic mass is 9.74. The summed E-state index contributed by atoms with van der Waals surface area (Å²) in [5.41, 5.74) is 2.84. The van der Waals surface area contributed by atoms with Crippen LogP contribution in [0, 0.1) is 0 Å². The van der Waals surface area contributed by atoms with Crippen LogP contribution < -0.4 is 14.8 Å². The number of hydrogen-bond acceptors (Lipinski definition) is 2. The summed E-state index contributed by atoms with van der Waals surface area (Å²) in [5, 5.41) is 3.31. The van der Waals surface area contributed by atoms with Gasteiger partial charge in [0.1, 0.15) is 12.7 Å². The van der Waals surface area contributed by atoms with Crippen LogP contribution in [0.5, 0.6) is 0 Å². The molecule has 1 N–H and O–H groups in total. The van der Waals surface area contributed by atoms with Gasteiger partial charge in [0.2, 0.25) is 5.91 Å². The van der Waals surface area contributed by atoms with Gasteiger partial charge >= 0.3 is 0 Å². The molecular weight excluding hydrogens is 310 g/mol. The van der Waals surface area contributed by atoms with Crippen LogP contribution in [0.2, 0.25) is 0 Å². The molecule has 2 aromatic rings. The number of nitrogens with zero attached hydrogens (tertiary/aromatic N) is 2. The van der Waals surface area contributed by atoms with Crippen LogP contribution in [-0.2, 0) is 17.3 Å². The first-order valence-electron chi connectivity index (χ1n) is 8.77. The number of benzene rings is 1. The minimum Gasteiger partial charge on any atom is -0.344 e. The number of rotatable bonds is 2. The van der Waals surface area contributed by atoms with Crippen LogP contribution >= 0.6 is 0 Å². The monoisotopic (exact) mass is 334 g/mol. The second kappa shape index (κ2) is 5.45.